The first-order valence-electron chi connectivity index (χ1n) is 5.09. The third-order valence-corrected chi connectivity index (χ3v) is 2.79. The lowest BCUT2D eigenvalue weighted by molar-refractivity contribution is 0.367. The fourth-order valence-electron chi connectivity index (χ4n) is 1.42. The predicted molar refractivity (Wildman–Crippen MR) is 66.3 cm³/mol. The van der Waals surface area contributed by atoms with E-state index in [-0.39, 0.29) is 0 Å². The van der Waals surface area contributed by atoms with Crippen LogP contribution in [0.5, 0.6) is 0 Å². The zero-order valence-electron chi connectivity index (χ0n) is 9.20. The van der Waals surface area contributed by atoms with Gasteiger partial charge in [-0.25, -0.2) is 0 Å². The number of halogens is 2. The SMILES string of the molecule is CNCc1nc(Cc2ccc(Cl)cc2Cl)no1. The van der Waals surface area contributed by atoms with Gasteiger partial charge in [0, 0.05) is 16.5 Å². The first-order chi connectivity index (χ1) is 8.19. The molecule has 0 atom stereocenters. The molecule has 4 nitrogen and oxygen atoms in total. The molecule has 90 valence electrons. The number of aromatic nitrogens is 2. The second-order valence-corrected chi connectivity index (χ2v) is 4.39. The monoisotopic (exact) mass is 271 g/mol. The molecule has 0 aliphatic heterocycles. The first kappa shape index (κ1) is 12.4. The molecule has 0 bridgehead atoms. The lowest BCUT2D eigenvalue weighted by Crippen LogP contribution is -2.05. The minimum Gasteiger partial charge on any atom is -0.338 e. The van der Waals surface area contributed by atoms with E-state index in [1.165, 1.54) is 0 Å². The molecule has 0 saturated heterocycles. The number of hydrogen-bond acceptors (Lipinski definition) is 4. The van der Waals surface area contributed by atoms with E-state index in [2.05, 4.69) is 15.5 Å². The van der Waals surface area contributed by atoms with E-state index in [4.69, 9.17) is 27.7 Å². The van der Waals surface area contributed by atoms with Gasteiger partial charge in [0.1, 0.15) is 0 Å². The van der Waals surface area contributed by atoms with Crippen LogP contribution < -0.4 is 5.32 Å². The van der Waals surface area contributed by atoms with Crippen molar-refractivity contribution in [3.8, 4) is 0 Å². The van der Waals surface area contributed by atoms with Crippen molar-refractivity contribution in [3.05, 3.63) is 45.5 Å². The normalized spacial score (nSPS) is 10.8. The number of hydrogen-bond donors (Lipinski definition) is 1. The van der Waals surface area contributed by atoms with Crippen LogP contribution in [0.15, 0.2) is 22.7 Å². The van der Waals surface area contributed by atoms with Gasteiger partial charge in [-0.2, -0.15) is 4.98 Å². The summed E-state index contributed by atoms with van der Waals surface area (Å²) in [5.41, 5.74) is 0.924. The highest BCUT2D eigenvalue weighted by molar-refractivity contribution is 6.35. The van der Waals surface area contributed by atoms with Gasteiger partial charge in [-0.05, 0) is 24.7 Å². The van der Waals surface area contributed by atoms with E-state index in [9.17, 15) is 0 Å². The topological polar surface area (TPSA) is 51.0 Å². The molecular weight excluding hydrogens is 261 g/mol. The molecule has 1 aromatic heterocycles. The van der Waals surface area contributed by atoms with Crippen LogP contribution in [-0.2, 0) is 13.0 Å². The summed E-state index contributed by atoms with van der Waals surface area (Å²) in [7, 11) is 1.82. The zero-order valence-corrected chi connectivity index (χ0v) is 10.7. The molecule has 0 radical (unpaired) electrons. The Morgan fingerprint density at radius 3 is 2.88 bits per heavy atom. The average Bonchev–Trinajstić information content (AvgIpc) is 2.71. The van der Waals surface area contributed by atoms with Crippen molar-refractivity contribution in [2.45, 2.75) is 13.0 Å². The van der Waals surface area contributed by atoms with E-state index in [0.717, 1.165) is 5.56 Å². The molecule has 6 heteroatoms. The van der Waals surface area contributed by atoms with Crippen LogP contribution in [0.1, 0.15) is 17.3 Å². The Balaban J connectivity index is 2.13. The van der Waals surface area contributed by atoms with Crippen LogP contribution in [0, 0.1) is 0 Å². The van der Waals surface area contributed by atoms with Crippen molar-refractivity contribution < 1.29 is 4.52 Å². The number of nitrogens with one attached hydrogen (secondary N) is 1. The van der Waals surface area contributed by atoms with Crippen LogP contribution in [0.3, 0.4) is 0 Å². The van der Waals surface area contributed by atoms with Crippen LogP contribution in [0.25, 0.3) is 0 Å². The Hall–Kier alpha value is -1.10. The van der Waals surface area contributed by atoms with E-state index < -0.39 is 0 Å². The van der Waals surface area contributed by atoms with Crippen molar-refractivity contribution in [1.82, 2.24) is 15.5 Å². The number of benzene rings is 1. The summed E-state index contributed by atoms with van der Waals surface area (Å²) in [5.74, 6) is 1.17. The lowest BCUT2D eigenvalue weighted by atomic mass is 10.1. The third kappa shape index (κ3) is 3.19. The van der Waals surface area contributed by atoms with Crippen molar-refractivity contribution in [2.24, 2.45) is 0 Å². The lowest BCUT2D eigenvalue weighted by Gasteiger charge is -2.00. The molecule has 0 saturated carbocycles. The summed E-state index contributed by atoms with van der Waals surface area (Å²) in [4.78, 5) is 4.23. The summed E-state index contributed by atoms with van der Waals surface area (Å²) in [5, 5.41) is 8.04. The molecule has 0 spiro atoms. The van der Waals surface area contributed by atoms with Gasteiger partial charge in [0.05, 0.1) is 6.54 Å². The molecule has 2 rings (SSSR count). The molecule has 1 aromatic carbocycles. The second kappa shape index (κ2) is 5.49. The van der Waals surface area contributed by atoms with Gasteiger partial charge < -0.3 is 9.84 Å². The largest absolute Gasteiger partial charge is 0.338 e. The molecule has 2 aromatic rings. The maximum absolute atomic E-state index is 6.06. The minimum absolute atomic E-state index is 0.531. The number of nitrogens with zero attached hydrogens (tertiary/aromatic N) is 2. The van der Waals surface area contributed by atoms with Gasteiger partial charge in [-0.15, -0.1) is 0 Å². The standard InChI is InChI=1S/C11H11Cl2N3O/c1-14-6-11-15-10(16-17-11)4-7-2-3-8(12)5-9(7)13/h2-3,5,14H,4,6H2,1H3. The molecule has 0 unspecified atom stereocenters. The molecular formula is C11H11Cl2N3O. The Morgan fingerprint density at radius 2 is 2.18 bits per heavy atom. The van der Waals surface area contributed by atoms with E-state index in [1.807, 2.05) is 13.1 Å². The first-order valence-corrected chi connectivity index (χ1v) is 5.84. The van der Waals surface area contributed by atoms with Crippen LogP contribution >= 0.6 is 23.2 Å². The van der Waals surface area contributed by atoms with Crippen LogP contribution in [-0.4, -0.2) is 17.2 Å². The number of rotatable bonds is 4. The van der Waals surface area contributed by atoms with Crippen molar-refractivity contribution in [3.63, 3.8) is 0 Å². The van der Waals surface area contributed by atoms with Gasteiger partial charge >= 0.3 is 0 Å². The fraction of sp³-hybridized carbons (Fsp3) is 0.273. The molecule has 0 aliphatic rings. The van der Waals surface area contributed by atoms with E-state index >= 15 is 0 Å². The average molecular weight is 272 g/mol. The van der Waals surface area contributed by atoms with Crippen LogP contribution in [0.4, 0.5) is 0 Å². The molecule has 0 amide bonds. The maximum Gasteiger partial charge on any atom is 0.240 e. The third-order valence-electron chi connectivity index (χ3n) is 2.20. The second-order valence-electron chi connectivity index (χ2n) is 3.55. The van der Waals surface area contributed by atoms with Crippen LogP contribution in [0.2, 0.25) is 10.0 Å². The fourth-order valence-corrected chi connectivity index (χ4v) is 1.90. The van der Waals surface area contributed by atoms with Gasteiger partial charge in [0.2, 0.25) is 5.89 Å². The predicted octanol–water partition coefficient (Wildman–Crippen LogP) is 2.69. The smallest absolute Gasteiger partial charge is 0.240 e. The minimum atomic E-state index is 0.531. The van der Waals surface area contributed by atoms with Gasteiger partial charge in [-0.3, -0.25) is 0 Å². The Labute approximate surface area is 109 Å². The van der Waals surface area contributed by atoms with E-state index in [1.54, 1.807) is 12.1 Å². The summed E-state index contributed by atoms with van der Waals surface area (Å²) < 4.78 is 5.05. The summed E-state index contributed by atoms with van der Waals surface area (Å²) in [6.07, 6.45) is 0.531. The highest BCUT2D eigenvalue weighted by Crippen LogP contribution is 2.22. The quantitative estimate of drug-likeness (QED) is 0.929. The van der Waals surface area contributed by atoms with Crippen molar-refractivity contribution >= 4 is 23.2 Å². The maximum atomic E-state index is 6.06. The summed E-state index contributed by atoms with van der Waals surface area (Å²) in [6.45, 7) is 0.557. The Bertz CT molecular complexity index is 513. The van der Waals surface area contributed by atoms with Gasteiger partial charge in [0.25, 0.3) is 0 Å². The summed E-state index contributed by atoms with van der Waals surface area (Å²) >= 11 is 11.9. The molecule has 0 fully saturated rings. The van der Waals surface area contributed by atoms with Crippen molar-refractivity contribution in [1.29, 1.82) is 0 Å². The summed E-state index contributed by atoms with van der Waals surface area (Å²) in [6, 6.07) is 5.35. The van der Waals surface area contributed by atoms with Crippen molar-refractivity contribution in [2.75, 3.05) is 7.05 Å². The molecule has 17 heavy (non-hydrogen) atoms. The Morgan fingerprint density at radius 1 is 1.35 bits per heavy atom. The zero-order chi connectivity index (χ0) is 12.3. The van der Waals surface area contributed by atoms with Gasteiger partial charge in [0.15, 0.2) is 5.82 Å². The highest BCUT2D eigenvalue weighted by atomic mass is 35.5. The van der Waals surface area contributed by atoms with E-state index in [0.29, 0.717) is 34.7 Å². The Kier molecular flexibility index (Phi) is 3.99. The highest BCUT2D eigenvalue weighted by Gasteiger charge is 2.08. The molecule has 1 N–H and O–H groups in total. The van der Waals surface area contributed by atoms with Gasteiger partial charge in [-0.1, -0.05) is 34.4 Å². The molecule has 0 aliphatic carbocycles. The molecule has 1 heterocycles.